The number of hydrogen-bond donors (Lipinski definition) is 2. The third-order valence-electron chi connectivity index (χ3n) is 5.40. The van der Waals surface area contributed by atoms with E-state index in [2.05, 4.69) is 6.92 Å². The monoisotopic (exact) mass is 383 g/mol. The van der Waals surface area contributed by atoms with Crippen molar-refractivity contribution < 1.29 is 19.8 Å². The lowest BCUT2D eigenvalue weighted by Gasteiger charge is -2.23. The Bertz CT molecular complexity index is 504. The van der Waals surface area contributed by atoms with E-state index < -0.39 is 12.1 Å². The molecule has 148 valence electrons. The molecule has 0 aromatic carbocycles. The van der Waals surface area contributed by atoms with Crippen LogP contribution in [0.15, 0.2) is 12.2 Å². The van der Waals surface area contributed by atoms with E-state index in [1.165, 1.54) is 0 Å². The van der Waals surface area contributed by atoms with Gasteiger partial charge in [-0.3, -0.25) is 9.59 Å². The van der Waals surface area contributed by atoms with Crippen LogP contribution >= 0.6 is 11.8 Å². The molecule has 1 aliphatic carbocycles. The molecule has 2 fully saturated rings. The summed E-state index contributed by atoms with van der Waals surface area (Å²) in [5, 5.41) is 19.0. The fraction of sp³-hybridized carbons (Fsp3) is 0.800. The van der Waals surface area contributed by atoms with Gasteiger partial charge in [0.2, 0.25) is 5.91 Å². The number of rotatable bonds is 13. The lowest BCUT2D eigenvalue weighted by molar-refractivity contribution is -0.138. The number of aliphatic carboxylic acids is 1. The van der Waals surface area contributed by atoms with Crippen molar-refractivity contribution in [3.63, 3.8) is 0 Å². The fourth-order valence-corrected chi connectivity index (χ4v) is 4.82. The molecular weight excluding hydrogens is 350 g/mol. The van der Waals surface area contributed by atoms with Crippen molar-refractivity contribution >= 4 is 23.6 Å². The van der Waals surface area contributed by atoms with Gasteiger partial charge in [0.15, 0.2) is 0 Å². The first-order chi connectivity index (χ1) is 12.5. The Balaban J connectivity index is 1.71. The van der Waals surface area contributed by atoms with Crippen LogP contribution in [0.3, 0.4) is 0 Å². The zero-order chi connectivity index (χ0) is 19.0. The van der Waals surface area contributed by atoms with Gasteiger partial charge in [0.1, 0.15) is 0 Å². The summed E-state index contributed by atoms with van der Waals surface area (Å²) in [5.41, 5.74) is 0.00736. The van der Waals surface area contributed by atoms with Crippen LogP contribution in [0, 0.1) is 5.41 Å². The molecule has 6 heteroatoms. The Morgan fingerprint density at radius 3 is 2.85 bits per heavy atom. The summed E-state index contributed by atoms with van der Waals surface area (Å²) < 4.78 is 0. The Labute approximate surface area is 161 Å². The van der Waals surface area contributed by atoms with Crippen LogP contribution in [0.25, 0.3) is 0 Å². The molecule has 2 atom stereocenters. The minimum absolute atomic E-state index is 0.00736. The van der Waals surface area contributed by atoms with Gasteiger partial charge in [-0.2, -0.15) is 11.8 Å². The van der Waals surface area contributed by atoms with Crippen LogP contribution < -0.4 is 0 Å². The first-order valence-corrected chi connectivity index (χ1v) is 11.1. The topological polar surface area (TPSA) is 77.8 Å². The molecule has 1 heterocycles. The second kappa shape index (κ2) is 10.4. The number of likely N-dealkylation sites (tertiary alicyclic amines) is 1. The lowest BCUT2D eigenvalue weighted by atomic mass is 10.1. The standard InChI is InChI=1S/C20H33NO4S/c1-2-3-4-5-17(22)8-6-16-7-9-18(23)21(16)12-13-26-15-20(10-11-20)14-19(24)25/h6,8,16-17,22H,2-5,7,9-15H2,1H3,(H,24,25)/b8-6+/t16-,17-/m0/s1. The van der Waals surface area contributed by atoms with Gasteiger partial charge in [-0.05, 0) is 36.9 Å². The zero-order valence-electron chi connectivity index (χ0n) is 15.9. The summed E-state index contributed by atoms with van der Waals surface area (Å²) >= 11 is 1.76. The summed E-state index contributed by atoms with van der Waals surface area (Å²) in [6.07, 6.45) is 11.2. The average molecular weight is 384 g/mol. The van der Waals surface area contributed by atoms with Crippen LogP contribution in [-0.2, 0) is 9.59 Å². The Morgan fingerprint density at radius 2 is 2.19 bits per heavy atom. The molecule has 0 unspecified atom stereocenters. The van der Waals surface area contributed by atoms with Crippen molar-refractivity contribution in [1.29, 1.82) is 0 Å². The van der Waals surface area contributed by atoms with Crippen molar-refractivity contribution in [2.75, 3.05) is 18.1 Å². The third kappa shape index (κ3) is 6.95. The molecule has 1 amide bonds. The smallest absolute Gasteiger partial charge is 0.303 e. The van der Waals surface area contributed by atoms with E-state index in [-0.39, 0.29) is 23.8 Å². The molecule has 0 bridgehead atoms. The third-order valence-corrected chi connectivity index (χ3v) is 6.69. The Kier molecular flexibility index (Phi) is 8.48. The van der Waals surface area contributed by atoms with Gasteiger partial charge in [-0.25, -0.2) is 0 Å². The highest BCUT2D eigenvalue weighted by Gasteiger charge is 2.44. The van der Waals surface area contributed by atoms with E-state index in [4.69, 9.17) is 5.11 Å². The average Bonchev–Trinajstić information content (AvgIpc) is 3.25. The van der Waals surface area contributed by atoms with E-state index in [9.17, 15) is 14.7 Å². The molecule has 0 aromatic heterocycles. The van der Waals surface area contributed by atoms with Crippen LogP contribution in [0.4, 0.5) is 0 Å². The molecule has 0 spiro atoms. The number of hydrogen-bond acceptors (Lipinski definition) is 4. The molecule has 1 saturated heterocycles. The number of carboxylic acid groups (broad SMARTS) is 1. The van der Waals surface area contributed by atoms with Gasteiger partial charge < -0.3 is 15.1 Å². The van der Waals surface area contributed by atoms with Gasteiger partial charge in [0.25, 0.3) is 0 Å². The van der Waals surface area contributed by atoms with Crippen molar-refractivity contribution in [3.05, 3.63) is 12.2 Å². The largest absolute Gasteiger partial charge is 0.481 e. The predicted octanol–water partition coefficient (Wildman–Crippen LogP) is 3.46. The summed E-state index contributed by atoms with van der Waals surface area (Å²) in [7, 11) is 0. The molecule has 1 saturated carbocycles. The second-order valence-corrected chi connectivity index (χ2v) is 8.87. The van der Waals surface area contributed by atoms with Gasteiger partial charge in [0.05, 0.1) is 18.6 Å². The predicted molar refractivity (Wildman–Crippen MR) is 105 cm³/mol. The number of carboxylic acids is 1. The quantitative estimate of drug-likeness (QED) is 0.376. The molecule has 2 N–H and O–H groups in total. The number of thioether (sulfide) groups is 1. The van der Waals surface area contributed by atoms with Crippen LogP contribution in [0.1, 0.15) is 64.7 Å². The highest BCUT2D eigenvalue weighted by Crippen LogP contribution is 2.51. The molecule has 1 aliphatic heterocycles. The van der Waals surface area contributed by atoms with E-state index in [0.717, 1.165) is 56.5 Å². The van der Waals surface area contributed by atoms with Crippen LogP contribution in [-0.4, -0.2) is 57.2 Å². The van der Waals surface area contributed by atoms with Gasteiger partial charge in [0, 0.05) is 18.7 Å². The first-order valence-electron chi connectivity index (χ1n) is 9.91. The van der Waals surface area contributed by atoms with Gasteiger partial charge >= 0.3 is 5.97 Å². The summed E-state index contributed by atoms with van der Waals surface area (Å²) in [6, 6.07) is 0.0952. The number of carbonyl (C=O) groups excluding carboxylic acids is 1. The maximum atomic E-state index is 12.1. The van der Waals surface area contributed by atoms with Crippen molar-refractivity contribution in [2.45, 2.75) is 76.9 Å². The summed E-state index contributed by atoms with van der Waals surface area (Å²) in [4.78, 5) is 24.9. The Morgan fingerprint density at radius 1 is 1.42 bits per heavy atom. The van der Waals surface area contributed by atoms with E-state index in [1.54, 1.807) is 11.8 Å². The minimum Gasteiger partial charge on any atom is -0.481 e. The van der Waals surface area contributed by atoms with Crippen molar-refractivity contribution in [3.8, 4) is 0 Å². The number of nitrogens with zero attached hydrogens (tertiary/aromatic N) is 1. The number of carbonyl (C=O) groups is 2. The van der Waals surface area contributed by atoms with E-state index >= 15 is 0 Å². The number of amides is 1. The number of aliphatic hydroxyl groups is 1. The fourth-order valence-electron chi connectivity index (χ4n) is 3.52. The first kappa shape index (κ1) is 21.3. The maximum Gasteiger partial charge on any atom is 0.303 e. The van der Waals surface area contributed by atoms with Gasteiger partial charge in [-0.1, -0.05) is 38.3 Å². The molecular formula is C20H33NO4S. The van der Waals surface area contributed by atoms with Crippen molar-refractivity contribution in [1.82, 2.24) is 4.90 Å². The highest BCUT2D eigenvalue weighted by atomic mass is 32.2. The van der Waals surface area contributed by atoms with Crippen molar-refractivity contribution in [2.24, 2.45) is 5.41 Å². The van der Waals surface area contributed by atoms with Crippen LogP contribution in [0.5, 0.6) is 0 Å². The molecule has 2 aliphatic rings. The van der Waals surface area contributed by atoms with E-state index in [0.29, 0.717) is 13.0 Å². The SMILES string of the molecule is CCCCC[C@H](O)/C=C/[C@H]1CCC(=O)N1CCSCC1(CC(=O)O)CC1. The molecule has 26 heavy (non-hydrogen) atoms. The maximum absolute atomic E-state index is 12.1. The molecule has 2 rings (SSSR count). The second-order valence-electron chi connectivity index (χ2n) is 7.76. The summed E-state index contributed by atoms with van der Waals surface area (Å²) in [5.74, 6) is 1.20. The lowest BCUT2D eigenvalue weighted by Crippen LogP contribution is -2.34. The normalized spacial score (nSPS) is 22.9. The highest BCUT2D eigenvalue weighted by molar-refractivity contribution is 7.99. The Hall–Kier alpha value is -1.01. The summed E-state index contributed by atoms with van der Waals surface area (Å²) in [6.45, 7) is 2.85. The van der Waals surface area contributed by atoms with Crippen LogP contribution in [0.2, 0.25) is 0 Å². The molecule has 0 radical (unpaired) electrons. The van der Waals surface area contributed by atoms with E-state index in [1.807, 2.05) is 17.1 Å². The van der Waals surface area contributed by atoms with Gasteiger partial charge in [-0.15, -0.1) is 0 Å². The number of aliphatic hydroxyl groups excluding tert-OH is 1. The molecule has 5 nitrogen and oxygen atoms in total. The zero-order valence-corrected chi connectivity index (χ0v) is 16.7. The molecule has 0 aromatic rings. The minimum atomic E-state index is -0.708. The number of unbranched alkanes of at least 4 members (excludes halogenated alkanes) is 2.